The molecule has 154 valence electrons. The second-order valence-electron chi connectivity index (χ2n) is 7.42. The first-order valence-corrected chi connectivity index (χ1v) is 10.0. The maximum Gasteiger partial charge on any atom is 0.261 e. The molecule has 2 aromatic rings. The van der Waals surface area contributed by atoms with Crippen LogP contribution in [0.25, 0.3) is 0 Å². The Hall–Kier alpha value is -2.89. The number of benzene rings is 2. The fourth-order valence-corrected chi connectivity index (χ4v) is 3.51. The molecule has 0 saturated heterocycles. The second kappa shape index (κ2) is 10.0. The number of halogens is 1. The number of para-hydroxylation sites is 1. The minimum Gasteiger partial charge on any atom is -0.484 e. The van der Waals surface area contributed by atoms with E-state index in [0.717, 1.165) is 31.2 Å². The zero-order valence-electron chi connectivity index (χ0n) is 16.6. The molecule has 2 aromatic carbocycles. The summed E-state index contributed by atoms with van der Waals surface area (Å²) in [5.74, 6) is -0.226. The summed E-state index contributed by atoms with van der Waals surface area (Å²) in [4.78, 5) is 27.2. The number of rotatable bonds is 8. The van der Waals surface area contributed by atoms with Crippen molar-refractivity contribution in [2.45, 2.75) is 51.2 Å². The van der Waals surface area contributed by atoms with Crippen LogP contribution in [0.3, 0.4) is 0 Å². The monoisotopic (exact) mass is 398 g/mol. The summed E-state index contributed by atoms with van der Waals surface area (Å²) in [5, 5.41) is 3.05. The first-order chi connectivity index (χ1) is 14.0. The van der Waals surface area contributed by atoms with E-state index in [2.05, 4.69) is 5.32 Å². The molecule has 29 heavy (non-hydrogen) atoms. The van der Waals surface area contributed by atoms with Gasteiger partial charge in [-0.3, -0.25) is 9.59 Å². The van der Waals surface area contributed by atoms with E-state index in [4.69, 9.17) is 4.74 Å². The van der Waals surface area contributed by atoms with E-state index in [9.17, 15) is 14.0 Å². The summed E-state index contributed by atoms with van der Waals surface area (Å²) in [7, 11) is 0. The van der Waals surface area contributed by atoms with Gasteiger partial charge in [-0.2, -0.15) is 0 Å². The average molecular weight is 398 g/mol. The van der Waals surface area contributed by atoms with Crippen LogP contribution in [0.1, 0.15) is 38.2 Å². The average Bonchev–Trinajstić information content (AvgIpc) is 3.25. The Morgan fingerprint density at radius 3 is 2.41 bits per heavy atom. The van der Waals surface area contributed by atoms with Crippen molar-refractivity contribution in [3.63, 3.8) is 0 Å². The van der Waals surface area contributed by atoms with Crippen molar-refractivity contribution in [2.75, 3.05) is 6.61 Å². The molecule has 1 saturated carbocycles. The van der Waals surface area contributed by atoms with Gasteiger partial charge in [0, 0.05) is 12.6 Å². The molecule has 0 heterocycles. The summed E-state index contributed by atoms with van der Waals surface area (Å²) in [6.07, 6.45) is 4.17. The molecule has 1 atom stereocenters. The smallest absolute Gasteiger partial charge is 0.261 e. The van der Waals surface area contributed by atoms with Crippen LogP contribution < -0.4 is 10.1 Å². The van der Waals surface area contributed by atoms with Gasteiger partial charge in [0.25, 0.3) is 5.91 Å². The molecule has 0 bridgehead atoms. The predicted octanol–water partition coefficient (Wildman–Crippen LogP) is 3.68. The van der Waals surface area contributed by atoms with E-state index >= 15 is 0 Å². The zero-order valence-corrected chi connectivity index (χ0v) is 16.6. The van der Waals surface area contributed by atoms with Crippen LogP contribution in [0.5, 0.6) is 5.75 Å². The van der Waals surface area contributed by atoms with Gasteiger partial charge in [-0.05, 0) is 49.6 Å². The van der Waals surface area contributed by atoms with Crippen molar-refractivity contribution >= 4 is 11.8 Å². The lowest BCUT2D eigenvalue weighted by atomic mass is 10.1. The van der Waals surface area contributed by atoms with Crippen LogP contribution in [-0.4, -0.2) is 35.4 Å². The molecule has 1 N–H and O–H groups in total. The number of ether oxygens (including phenoxy) is 1. The molecule has 5 nitrogen and oxygen atoms in total. The number of hydrogen-bond donors (Lipinski definition) is 1. The molecule has 0 aromatic heterocycles. The highest BCUT2D eigenvalue weighted by atomic mass is 19.1. The third-order valence-corrected chi connectivity index (χ3v) is 5.24. The first-order valence-electron chi connectivity index (χ1n) is 10.0. The molecule has 1 aliphatic rings. The van der Waals surface area contributed by atoms with E-state index in [1.807, 2.05) is 18.2 Å². The van der Waals surface area contributed by atoms with E-state index in [0.29, 0.717) is 5.75 Å². The summed E-state index contributed by atoms with van der Waals surface area (Å²) in [5.41, 5.74) is 0.750. The molecular weight excluding hydrogens is 371 g/mol. The molecule has 3 rings (SSSR count). The Labute approximate surface area is 170 Å². The van der Waals surface area contributed by atoms with Crippen LogP contribution in [0, 0.1) is 5.82 Å². The van der Waals surface area contributed by atoms with Crippen molar-refractivity contribution in [1.29, 1.82) is 0 Å². The summed E-state index contributed by atoms with van der Waals surface area (Å²) in [6.45, 7) is 1.75. The molecule has 1 fully saturated rings. The van der Waals surface area contributed by atoms with E-state index in [1.54, 1.807) is 31.2 Å². The van der Waals surface area contributed by atoms with Crippen molar-refractivity contribution in [3.8, 4) is 5.75 Å². The SMILES string of the molecule is C[C@H](C(=O)NC1CCCC1)N(Cc1ccc(F)cc1)C(=O)COc1ccccc1. The van der Waals surface area contributed by atoms with Gasteiger partial charge in [-0.25, -0.2) is 4.39 Å². The van der Waals surface area contributed by atoms with Crippen molar-refractivity contribution < 1.29 is 18.7 Å². The fourth-order valence-electron chi connectivity index (χ4n) is 3.51. The van der Waals surface area contributed by atoms with Crippen molar-refractivity contribution in [3.05, 3.63) is 66.0 Å². The van der Waals surface area contributed by atoms with Crippen LogP contribution >= 0.6 is 0 Å². The number of carbonyl (C=O) groups is 2. The Bertz CT molecular complexity index is 805. The zero-order chi connectivity index (χ0) is 20.6. The van der Waals surface area contributed by atoms with Gasteiger partial charge >= 0.3 is 0 Å². The molecule has 6 heteroatoms. The molecule has 0 radical (unpaired) electrons. The first kappa shape index (κ1) is 20.8. The minimum absolute atomic E-state index is 0.174. The molecule has 0 aliphatic heterocycles. The van der Waals surface area contributed by atoms with Gasteiger partial charge < -0.3 is 15.0 Å². The van der Waals surface area contributed by atoms with Gasteiger partial charge in [0.1, 0.15) is 17.6 Å². The molecule has 1 aliphatic carbocycles. The van der Waals surface area contributed by atoms with Gasteiger partial charge in [0.15, 0.2) is 6.61 Å². The van der Waals surface area contributed by atoms with Crippen LogP contribution in [0.15, 0.2) is 54.6 Å². The molecular formula is C23H27FN2O3. The maximum atomic E-state index is 13.2. The highest BCUT2D eigenvalue weighted by Crippen LogP contribution is 2.19. The van der Waals surface area contributed by atoms with Crippen LogP contribution in [0.2, 0.25) is 0 Å². The largest absolute Gasteiger partial charge is 0.484 e. The van der Waals surface area contributed by atoms with Crippen molar-refractivity contribution in [1.82, 2.24) is 10.2 Å². The fraction of sp³-hybridized carbons (Fsp3) is 0.391. The maximum absolute atomic E-state index is 13.2. The highest BCUT2D eigenvalue weighted by molar-refractivity contribution is 5.88. The standard InChI is InChI=1S/C23H27FN2O3/c1-17(23(28)25-20-7-5-6-8-20)26(15-18-11-13-19(24)14-12-18)22(27)16-29-21-9-3-2-4-10-21/h2-4,9-14,17,20H,5-8,15-16H2,1H3,(H,25,28)/t17-/m1/s1. The second-order valence-corrected chi connectivity index (χ2v) is 7.42. The van der Waals surface area contributed by atoms with Crippen LogP contribution in [0.4, 0.5) is 4.39 Å². The topological polar surface area (TPSA) is 58.6 Å². The summed E-state index contributed by atoms with van der Waals surface area (Å²) in [6, 6.07) is 14.5. The van der Waals surface area contributed by atoms with E-state index < -0.39 is 6.04 Å². The van der Waals surface area contributed by atoms with Gasteiger partial charge in [0.2, 0.25) is 5.91 Å². The normalized spacial score (nSPS) is 15.0. The Morgan fingerprint density at radius 2 is 1.76 bits per heavy atom. The third kappa shape index (κ3) is 6.04. The Balaban J connectivity index is 1.69. The number of nitrogens with one attached hydrogen (secondary N) is 1. The number of carbonyl (C=O) groups excluding carboxylic acids is 2. The third-order valence-electron chi connectivity index (χ3n) is 5.24. The lowest BCUT2D eigenvalue weighted by Gasteiger charge is -2.29. The number of hydrogen-bond acceptors (Lipinski definition) is 3. The van der Waals surface area contributed by atoms with Gasteiger partial charge in [0.05, 0.1) is 0 Å². The predicted molar refractivity (Wildman–Crippen MR) is 109 cm³/mol. The van der Waals surface area contributed by atoms with E-state index in [1.165, 1.54) is 17.0 Å². The Kier molecular flexibility index (Phi) is 7.22. The minimum atomic E-state index is -0.660. The van der Waals surface area contributed by atoms with Gasteiger partial charge in [-0.15, -0.1) is 0 Å². The lowest BCUT2D eigenvalue weighted by molar-refractivity contribution is -0.142. The van der Waals surface area contributed by atoms with Crippen LogP contribution in [-0.2, 0) is 16.1 Å². The molecule has 0 unspecified atom stereocenters. The number of nitrogens with zero attached hydrogens (tertiary/aromatic N) is 1. The Morgan fingerprint density at radius 1 is 1.10 bits per heavy atom. The van der Waals surface area contributed by atoms with Gasteiger partial charge in [-0.1, -0.05) is 43.2 Å². The summed E-state index contributed by atoms with van der Waals surface area (Å²) < 4.78 is 18.8. The highest BCUT2D eigenvalue weighted by Gasteiger charge is 2.28. The summed E-state index contributed by atoms with van der Waals surface area (Å²) >= 11 is 0. The van der Waals surface area contributed by atoms with Crippen molar-refractivity contribution in [2.24, 2.45) is 0 Å². The molecule has 2 amide bonds. The van der Waals surface area contributed by atoms with E-state index in [-0.39, 0.29) is 36.8 Å². The molecule has 0 spiro atoms. The quantitative estimate of drug-likeness (QED) is 0.738. The lowest BCUT2D eigenvalue weighted by Crippen LogP contribution is -2.50. The number of amides is 2.